The fourth-order valence-electron chi connectivity index (χ4n) is 4.61. The number of hydrogen-bond donors (Lipinski definition) is 2. The first kappa shape index (κ1) is 23.1. The van der Waals surface area contributed by atoms with E-state index in [1.807, 2.05) is 17.3 Å². The minimum atomic E-state index is -0.224. The number of piperazine rings is 1. The molecule has 5 rings (SSSR count). The van der Waals surface area contributed by atoms with Crippen molar-refractivity contribution in [3.05, 3.63) is 65.6 Å². The summed E-state index contributed by atoms with van der Waals surface area (Å²) in [4.78, 5) is 9.42. The lowest BCUT2D eigenvalue weighted by Crippen LogP contribution is -2.46. The van der Waals surface area contributed by atoms with Gasteiger partial charge in [0.05, 0.1) is 31.1 Å². The van der Waals surface area contributed by atoms with Gasteiger partial charge < -0.3 is 19.8 Å². The summed E-state index contributed by atoms with van der Waals surface area (Å²) in [7, 11) is 0. The summed E-state index contributed by atoms with van der Waals surface area (Å²) >= 11 is 0. The van der Waals surface area contributed by atoms with Crippen LogP contribution in [0.5, 0.6) is 0 Å². The number of aromatic nitrogens is 1. The molecule has 182 valence electrons. The Labute approximate surface area is 202 Å². The topological polar surface area (TPSA) is 65.1 Å². The van der Waals surface area contributed by atoms with E-state index < -0.39 is 0 Å². The van der Waals surface area contributed by atoms with Gasteiger partial charge in [-0.05, 0) is 36.8 Å². The van der Waals surface area contributed by atoms with Crippen LogP contribution in [0.2, 0.25) is 0 Å². The van der Waals surface area contributed by atoms with Crippen LogP contribution in [0.1, 0.15) is 30.7 Å². The average molecular weight is 465 g/mol. The number of nitrogens with one attached hydrogen (secondary N) is 2. The molecule has 0 unspecified atom stereocenters. The molecule has 2 N–H and O–H groups in total. The molecule has 0 aliphatic carbocycles. The van der Waals surface area contributed by atoms with Gasteiger partial charge in [-0.3, -0.25) is 14.9 Å². The highest BCUT2D eigenvalue weighted by molar-refractivity contribution is 5.69. The number of rotatable bonds is 6. The van der Waals surface area contributed by atoms with Gasteiger partial charge in [0, 0.05) is 61.8 Å². The Balaban J connectivity index is 1.15. The van der Waals surface area contributed by atoms with E-state index in [0.29, 0.717) is 19.8 Å². The van der Waals surface area contributed by atoms with Gasteiger partial charge in [0.15, 0.2) is 6.29 Å². The van der Waals surface area contributed by atoms with Crippen molar-refractivity contribution in [2.75, 3.05) is 50.8 Å². The van der Waals surface area contributed by atoms with Gasteiger partial charge in [0.1, 0.15) is 0 Å². The fourth-order valence-corrected chi connectivity index (χ4v) is 4.61. The van der Waals surface area contributed by atoms with Gasteiger partial charge in [-0.1, -0.05) is 26.0 Å². The monoisotopic (exact) mass is 464 g/mol. The Morgan fingerprint density at radius 1 is 1.06 bits per heavy atom. The van der Waals surface area contributed by atoms with Crippen molar-refractivity contribution in [1.29, 1.82) is 0 Å². The van der Waals surface area contributed by atoms with Crippen LogP contribution < -0.4 is 15.9 Å². The van der Waals surface area contributed by atoms with E-state index in [4.69, 9.17) is 9.47 Å². The third kappa shape index (κ3) is 5.52. The molecule has 0 atom stereocenters. The van der Waals surface area contributed by atoms with Crippen molar-refractivity contribution in [3.8, 4) is 0 Å². The molecule has 3 aliphatic rings. The van der Waals surface area contributed by atoms with E-state index in [1.54, 1.807) is 0 Å². The smallest absolute Gasteiger partial charge is 0.176 e. The minimum absolute atomic E-state index is 0.0821. The first-order valence-corrected chi connectivity index (χ1v) is 12.2. The SMILES string of the molecule is Cc1cc(N2CCN(Cc3ccccn3)CC2)ccc1C1=CN(CC2OCC(C)(C)CO2)NN1. The van der Waals surface area contributed by atoms with Gasteiger partial charge in [0.25, 0.3) is 0 Å². The van der Waals surface area contributed by atoms with Crippen molar-refractivity contribution in [2.45, 2.75) is 33.6 Å². The van der Waals surface area contributed by atoms with E-state index in [-0.39, 0.29) is 11.7 Å². The molecule has 2 fully saturated rings. The van der Waals surface area contributed by atoms with Crippen molar-refractivity contribution < 1.29 is 9.47 Å². The Kier molecular flexibility index (Phi) is 6.74. The fraction of sp³-hybridized carbons (Fsp3) is 0.500. The van der Waals surface area contributed by atoms with Crippen LogP contribution in [0.4, 0.5) is 5.69 Å². The highest BCUT2D eigenvalue weighted by Crippen LogP contribution is 2.27. The number of nitrogens with zero attached hydrogens (tertiary/aromatic N) is 4. The molecule has 0 saturated carbocycles. The third-order valence-electron chi connectivity index (χ3n) is 6.63. The van der Waals surface area contributed by atoms with Crippen LogP contribution in [-0.4, -0.2) is 67.1 Å². The normalized spacial score (nSPS) is 21.4. The number of hydrazine groups is 2. The lowest BCUT2D eigenvalue weighted by molar-refractivity contribution is -0.227. The van der Waals surface area contributed by atoms with Gasteiger partial charge >= 0.3 is 0 Å². The van der Waals surface area contributed by atoms with Crippen LogP contribution in [0.25, 0.3) is 5.70 Å². The number of benzene rings is 1. The largest absolute Gasteiger partial charge is 0.369 e. The molecule has 34 heavy (non-hydrogen) atoms. The minimum Gasteiger partial charge on any atom is -0.369 e. The zero-order valence-corrected chi connectivity index (χ0v) is 20.5. The number of aryl methyl sites for hydroxylation is 1. The third-order valence-corrected chi connectivity index (χ3v) is 6.63. The molecule has 0 amide bonds. The summed E-state index contributed by atoms with van der Waals surface area (Å²) in [5.74, 6) is 0. The predicted molar refractivity (Wildman–Crippen MR) is 133 cm³/mol. The van der Waals surface area contributed by atoms with Crippen molar-refractivity contribution in [1.82, 2.24) is 25.9 Å². The number of hydrogen-bond acceptors (Lipinski definition) is 8. The van der Waals surface area contributed by atoms with Crippen LogP contribution in [0.15, 0.2) is 48.8 Å². The summed E-state index contributed by atoms with van der Waals surface area (Å²) in [6.07, 6.45) is 3.74. The highest BCUT2D eigenvalue weighted by Gasteiger charge is 2.30. The first-order chi connectivity index (χ1) is 16.4. The molecular weight excluding hydrogens is 428 g/mol. The highest BCUT2D eigenvalue weighted by atomic mass is 16.7. The van der Waals surface area contributed by atoms with Gasteiger partial charge in [0.2, 0.25) is 0 Å². The van der Waals surface area contributed by atoms with Crippen molar-refractivity contribution in [2.24, 2.45) is 5.41 Å². The molecule has 4 heterocycles. The lowest BCUT2D eigenvalue weighted by atomic mass is 9.96. The molecule has 0 spiro atoms. The molecular formula is C26H36N6O2. The zero-order valence-electron chi connectivity index (χ0n) is 20.5. The summed E-state index contributed by atoms with van der Waals surface area (Å²) in [6, 6.07) is 12.9. The number of pyridine rings is 1. The van der Waals surface area contributed by atoms with Gasteiger partial charge in [-0.2, -0.15) is 0 Å². The van der Waals surface area contributed by atoms with E-state index >= 15 is 0 Å². The summed E-state index contributed by atoms with van der Waals surface area (Å²) < 4.78 is 11.7. The molecule has 2 saturated heterocycles. The van der Waals surface area contributed by atoms with Crippen molar-refractivity contribution in [3.63, 3.8) is 0 Å². The van der Waals surface area contributed by atoms with Crippen LogP contribution >= 0.6 is 0 Å². The lowest BCUT2D eigenvalue weighted by Gasteiger charge is -2.36. The van der Waals surface area contributed by atoms with Gasteiger partial charge in [-0.25, -0.2) is 0 Å². The van der Waals surface area contributed by atoms with Gasteiger partial charge in [-0.15, -0.1) is 5.53 Å². The maximum absolute atomic E-state index is 5.87. The maximum atomic E-state index is 5.87. The first-order valence-electron chi connectivity index (χ1n) is 12.2. The molecule has 8 nitrogen and oxygen atoms in total. The number of anilines is 1. The molecule has 1 aromatic carbocycles. The Morgan fingerprint density at radius 3 is 2.56 bits per heavy atom. The van der Waals surface area contributed by atoms with E-state index in [0.717, 1.165) is 44.1 Å². The summed E-state index contributed by atoms with van der Waals surface area (Å²) in [6.45, 7) is 13.6. The Bertz CT molecular complexity index is 994. The Hall–Kier alpha value is -2.65. The predicted octanol–water partition coefficient (Wildman–Crippen LogP) is 2.73. The molecule has 0 radical (unpaired) electrons. The molecule has 3 aliphatic heterocycles. The molecule has 8 heteroatoms. The number of ether oxygens (including phenoxy) is 2. The summed E-state index contributed by atoms with van der Waals surface area (Å²) in [5.41, 5.74) is 12.5. The molecule has 1 aromatic heterocycles. The quantitative estimate of drug-likeness (QED) is 0.677. The maximum Gasteiger partial charge on any atom is 0.176 e. The second kappa shape index (κ2) is 9.92. The van der Waals surface area contributed by atoms with E-state index in [1.165, 1.54) is 16.8 Å². The standard InChI is InChI=1S/C26H36N6O2/c1-20-14-22(31-12-10-30(11-13-31)15-21-6-4-5-9-27-21)7-8-23(20)24-16-32(29-28-24)17-25-33-18-26(2,3)19-34-25/h4-9,14,16,25,28-29H,10-13,15,17-19H2,1-3H3. The van der Waals surface area contributed by atoms with Crippen LogP contribution in [0, 0.1) is 12.3 Å². The average Bonchev–Trinajstić information content (AvgIpc) is 3.30. The molecule has 2 aromatic rings. The van der Waals surface area contributed by atoms with E-state index in [2.05, 4.69) is 83.0 Å². The van der Waals surface area contributed by atoms with Crippen molar-refractivity contribution >= 4 is 11.4 Å². The van der Waals surface area contributed by atoms with E-state index in [9.17, 15) is 0 Å². The van der Waals surface area contributed by atoms with Crippen LogP contribution in [0.3, 0.4) is 0 Å². The second-order valence-corrected chi connectivity index (χ2v) is 10.2. The van der Waals surface area contributed by atoms with Crippen LogP contribution in [-0.2, 0) is 16.0 Å². The zero-order chi connectivity index (χ0) is 23.5. The molecule has 0 bridgehead atoms. The second-order valence-electron chi connectivity index (χ2n) is 10.2. The summed E-state index contributed by atoms with van der Waals surface area (Å²) in [5, 5.41) is 1.99. The Morgan fingerprint density at radius 2 is 1.85 bits per heavy atom.